The molecule has 1 aliphatic heterocycles. The van der Waals surface area contributed by atoms with E-state index in [1.807, 2.05) is 0 Å². The standard InChI is InChI=1S/C13H12FN3O3/c1-8-2-3-9(6-10(8)14)12-15-11(20-16-12)7-17-4-5-19-13(17)18/h2-3,6H,4-5,7H2,1H3. The third kappa shape index (κ3) is 2.34. The molecule has 0 radical (unpaired) electrons. The van der Waals surface area contributed by atoms with Crippen LogP contribution in [0, 0.1) is 12.7 Å². The molecular formula is C13H12FN3O3. The number of nitrogens with zero attached hydrogens (tertiary/aromatic N) is 3. The Kier molecular flexibility index (Phi) is 3.09. The van der Waals surface area contributed by atoms with Crippen LogP contribution in [0.5, 0.6) is 0 Å². The van der Waals surface area contributed by atoms with Gasteiger partial charge in [-0.05, 0) is 18.6 Å². The molecule has 0 unspecified atom stereocenters. The van der Waals surface area contributed by atoms with Crippen molar-refractivity contribution in [2.45, 2.75) is 13.5 Å². The Labute approximate surface area is 114 Å². The largest absolute Gasteiger partial charge is 0.448 e. The van der Waals surface area contributed by atoms with Crippen LogP contribution in [0.2, 0.25) is 0 Å². The third-order valence-electron chi connectivity index (χ3n) is 3.07. The minimum atomic E-state index is -0.397. The van der Waals surface area contributed by atoms with Crippen LogP contribution in [0.25, 0.3) is 11.4 Å². The fraction of sp³-hybridized carbons (Fsp3) is 0.308. The lowest BCUT2D eigenvalue weighted by Gasteiger charge is -2.07. The van der Waals surface area contributed by atoms with Gasteiger partial charge in [0, 0.05) is 5.56 Å². The summed E-state index contributed by atoms with van der Waals surface area (Å²) in [6.07, 6.45) is -0.397. The first-order valence-corrected chi connectivity index (χ1v) is 6.14. The maximum Gasteiger partial charge on any atom is 0.410 e. The van der Waals surface area contributed by atoms with Crippen LogP contribution in [-0.2, 0) is 11.3 Å². The summed E-state index contributed by atoms with van der Waals surface area (Å²) in [5.41, 5.74) is 1.09. The molecule has 0 saturated carbocycles. The quantitative estimate of drug-likeness (QED) is 0.859. The lowest BCUT2D eigenvalue weighted by Crippen LogP contribution is -2.23. The molecule has 0 atom stereocenters. The Morgan fingerprint density at radius 3 is 3.00 bits per heavy atom. The van der Waals surface area contributed by atoms with E-state index in [1.54, 1.807) is 19.1 Å². The Morgan fingerprint density at radius 2 is 2.30 bits per heavy atom. The van der Waals surface area contributed by atoms with Crippen LogP contribution in [-0.4, -0.2) is 34.3 Å². The highest BCUT2D eigenvalue weighted by atomic mass is 19.1. The van der Waals surface area contributed by atoms with Gasteiger partial charge in [-0.1, -0.05) is 17.3 Å². The number of hydrogen-bond acceptors (Lipinski definition) is 5. The number of aryl methyl sites for hydroxylation is 1. The molecule has 0 spiro atoms. The summed E-state index contributed by atoms with van der Waals surface area (Å²) in [5, 5.41) is 3.79. The van der Waals surface area contributed by atoms with E-state index in [0.717, 1.165) is 0 Å². The average Bonchev–Trinajstić information content (AvgIpc) is 3.04. The smallest absolute Gasteiger partial charge is 0.410 e. The van der Waals surface area contributed by atoms with Gasteiger partial charge in [-0.15, -0.1) is 0 Å². The molecule has 1 aliphatic rings. The van der Waals surface area contributed by atoms with Crippen LogP contribution < -0.4 is 0 Å². The molecule has 1 saturated heterocycles. The first-order valence-electron chi connectivity index (χ1n) is 6.14. The Bertz CT molecular complexity index is 656. The van der Waals surface area contributed by atoms with Crippen molar-refractivity contribution in [3.63, 3.8) is 0 Å². The van der Waals surface area contributed by atoms with Gasteiger partial charge in [-0.3, -0.25) is 4.90 Å². The predicted molar refractivity (Wildman–Crippen MR) is 66.2 cm³/mol. The summed E-state index contributed by atoms with van der Waals surface area (Å²) in [5.74, 6) is 0.267. The monoisotopic (exact) mass is 277 g/mol. The number of hydrogen-bond donors (Lipinski definition) is 0. The van der Waals surface area contributed by atoms with Crippen LogP contribution in [0.4, 0.5) is 9.18 Å². The zero-order chi connectivity index (χ0) is 14.1. The number of ether oxygens (including phenoxy) is 1. The maximum atomic E-state index is 13.5. The normalized spacial score (nSPS) is 14.7. The summed E-state index contributed by atoms with van der Waals surface area (Å²) >= 11 is 0. The minimum absolute atomic E-state index is 0.195. The van der Waals surface area contributed by atoms with Crippen LogP contribution in [0.15, 0.2) is 22.7 Å². The number of carbonyl (C=O) groups is 1. The predicted octanol–water partition coefficient (Wildman–Crippen LogP) is 2.14. The van der Waals surface area contributed by atoms with E-state index in [-0.39, 0.29) is 12.4 Å². The van der Waals surface area contributed by atoms with E-state index < -0.39 is 6.09 Å². The summed E-state index contributed by atoms with van der Waals surface area (Å²) in [4.78, 5) is 16.9. The molecule has 6 nitrogen and oxygen atoms in total. The summed E-state index contributed by atoms with van der Waals surface area (Å²) in [6.45, 7) is 2.73. The molecule has 7 heteroatoms. The van der Waals surface area contributed by atoms with Gasteiger partial charge in [0.2, 0.25) is 11.7 Å². The average molecular weight is 277 g/mol. The Morgan fingerprint density at radius 1 is 1.45 bits per heavy atom. The van der Waals surface area contributed by atoms with Gasteiger partial charge in [-0.25, -0.2) is 9.18 Å². The second-order valence-corrected chi connectivity index (χ2v) is 4.51. The molecule has 0 N–H and O–H groups in total. The van der Waals surface area contributed by atoms with Crippen molar-refractivity contribution in [1.29, 1.82) is 0 Å². The van der Waals surface area contributed by atoms with Gasteiger partial charge in [0.1, 0.15) is 19.0 Å². The number of halogens is 1. The van der Waals surface area contributed by atoms with E-state index in [2.05, 4.69) is 10.1 Å². The fourth-order valence-corrected chi connectivity index (χ4v) is 1.90. The van der Waals surface area contributed by atoms with Crippen molar-refractivity contribution in [2.75, 3.05) is 13.2 Å². The zero-order valence-electron chi connectivity index (χ0n) is 10.8. The molecule has 104 valence electrons. The van der Waals surface area contributed by atoms with Crippen LogP contribution in [0.1, 0.15) is 11.5 Å². The van der Waals surface area contributed by atoms with Crippen molar-refractivity contribution < 1.29 is 18.4 Å². The summed E-state index contributed by atoms with van der Waals surface area (Å²) in [6, 6.07) is 4.73. The number of amides is 1. The Balaban J connectivity index is 1.79. The molecule has 1 aromatic heterocycles. The summed E-state index contributed by atoms with van der Waals surface area (Å²) in [7, 11) is 0. The van der Waals surface area contributed by atoms with Crippen molar-refractivity contribution in [1.82, 2.24) is 15.0 Å². The highest BCUT2D eigenvalue weighted by Gasteiger charge is 2.24. The fourth-order valence-electron chi connectivity index (χ4n) is 1.90. The first-order chi connectivity index (χ1) is 9.63. The number of cyclic esters (lactones) is 1. The maximum absolute atomic E-state index is 13.5. The molecule has 20 heavy (non-hydrogen) atoms. The lowest BCUT2D eigenvalue weighted by atomic mass is 10.1. The van der Waals surface area contributed by atoms with Crippen molar-refractivity contribution in [3.05, 3.63) is 35.5 Å². The SMILES string of the molecule is Cc1ccc(-c2noc(CN3CCOC3=O)n2)cc1F. The van der Waals surface area contributed by atoms with Gasteiger partial charge in [0.05, 0.1) is 6.54 Å². The van der Waals surface area contributed by atoms with Gasteiger partial charge in [0.15, 0.2) is 0 Å². The van der Waals surface area contributed by atoms with E-state index >= 15 is 0 Å². The first kappa shape index (κ1) is 12.6. The minimum Gasteiger partial charge on any atom is -0.448 e. The molecule has 0 bridgehead atoms. The molecule has 0 aliphatic carbocycles. The number of carbonyl (C=O) groups excluding carboxylic acids is 1. The van der Waals surface area contributed by atoms with E-state index in [9.17, 15) is 9.18 Å². The van der Waals surface area contributed by atoms with Gasteiger partial charge in [0.25, 0.3) is 0 Å². The highest BCUT2D eigenvalue weighted by Crippen LogP contribution is 2.19. The van der Waals surface area contributed by atoms with Gasteiger partial charge < -0.3 is 9.26 Å². The van der Waals surface area contributed by atoms with Crippen molar-refractivity contribution >= 4 is 6.09 Å². The van der Waals surface area contributed by atoms with Gasteiger partial charge >= 0.3 is 6.09 Å². The lowest BCUT2D eigenvalue weighted by molar-refractivity contribution is 0.154. The van der Waals surface area contributed by atoms with E-state index in [4.69, 9.17) is 9.26 Å². The summed E-state index contributed by atoms with van der Waals surface area (Å²) < 4.78 is 23.4. The molecule has 3 rings (SSSR count). The van der Waals surface area contributed by atoms with Crippen molar-refractivity contribution in [3.8, 4) is 11.4 Å². The van der Waals surface area contributed by atoms with Gasteiger partial charge in [-0.2, -0.15) is 4.98 Å². The van der Waals surface area contributed by atoms with Crippen molar-refractivity contribution in [2.24, 2.45) is 0 Å². The molecule has 1 fully saturated rings. The van der Waals surface area contributed by atoms with E-state index in [0.29, 0.717) is 36.0 Å². The third-order valence-corrected chi connectivity index (χ3v) is 3.07. The topological polar surface area (TPSA) is 68.5 Å². The second kappa shape index (κ2) is 4.92. The molecular weight excluding hydrogens is 265 g/mol. The molecule has 2 heterocycles. The Hall–Kier alpha value is -2.44. The zero-order valence-corrected chi connectivity index (χ0v) is 10.8. The second-order valence-electron chi connectivity index (χ2n) is 4.51. The van der Waals surface area contributed by atoms with E-state index in [1.165, 1.54) is 11.0 Å². The van der Waals surface area contributed by atoms with Crippen LogP contribution >= 0.6 is 0 Å². The number of rotatable bonds is 3. The van der Waals surface area contributed by atoms with Crippen LogP contribution in [0.3, 0.4) is 0 Å². The molecule has 2 aromatic rings. The molecule has 1 amide bonds. The highest BCUT2D eigenvalue weighted by molar-refractivity contribution is 5.69. The number of benzene rings is 1. The molecule has 1 aromatic carbocycles. The number of aromatic nitrogens is 2.